The van der Waals surface area contributed by atoms with Gasteiger partial charge >= 0.3 is 11.9 Å². The molecule has 2 heterocycles. The molecule has 2 aromatic carbocycles. The maximum atomic E-state index is 13.2. The van der Waals surface area contributed by atoms with E-state index in [1.165, 1.54) is 28.8 Å². The molecule has 2 aromatic heterocycles. The topological polar surface area (TPSA) is 84.4 Å². The van der Waals surface area contributed by atoms with E-state index in [4.69, 9.17) is 4.74 Å². The molecule has 7 nitrogen and oxygen atoms in total. The number of hydrogen-bond acceptors (Lipinski definition) is 6. The number of carbonyl (C=O) groups is 2. The highest BCUT2D eigenvalue weighted by molar-refractivity contribution is 6.32. The molecule has 0 atom stereocenters. The summed E-state index contributed by atoms with van der Waals surface area (Å²) in [7, 11) is 0. The van der Waals surface area contributed by atoms with Crippen molar-refractivity contribution in [2.24, 2.45) is 0 Å². The minimum atomic E-state index is -0.909. The van der Waals surface area contributed by atoms with Gasteiger partial charge in [0.25, 0.3) is 0 Å². The minimum absolute atomic E-state index is 0.0959. The summed E-state index contributed by atoms with van der Waals surface area (Å²) in [6.07, 6.45) is 2.35. The molecular weight excluding hydrogens is 526 g/mol. The summed E-state index contributed by atoms with van der Waals surface area (Å²) in [5.74, 6) is -2.38. The fourth-order valence-electron chi connectivity index (χ4n) is 3.92. The molecule has 0 aliphatic carbocycles. The quantitative estimate of drug-likeness (QED) is 0.217. The first-order valence-corrected chi connectivity index (χ1v) is 13.2. The van der Waals surface area contributed by atoms with E-state index in [9.17, 15) is 18.4 Å². The van der Waals surface area contributed by atoms with Crippen LogP contribution in [0.1, 0.15) is 40.6 Å². The maximum Gasteiger partial charge on any atom is 0.397 e. The second-order valence-corrected chi connectivity index (χ2v) is 9.29. The van der Waals surface area contributed by atoms with Crippen molar-refractivity contribution in [3.05, 3.63) is 130 Å². The Bertz CT molecular complexity index is 1420. The monoisotopic (exact) mass is 560 g/mol. The molecule has 0 radical (unpaired) electrons. The fraction of sp³-hybridized carbons (Fsp3) is 0.250. The number of nitrogens with zero attached hydrogens (tertiary/aromatic N) is 3. The number of aromatic nitrogens is 2. The van der Waals surface area contributed by atoms with Crippen LogP contribution < -0.4 is 5.32 Å². The van der Waals surface area contributed by atoms with Gasteiger partial charge in [0.1, 0.15) is 11.6 Å². The first-order valence-electron chi connectivity index (χ1n) is 13.2. The number of rotatable bonds is 9. The number of halogens is 2. The van der Waals surface area contributed by atoms with Crippen LogP contribution in [-0.2, 0) is 40.5 Å². The number of ether oxygens (including phenoxy) is 1. The van der Waals surface area contributed by atoms with Gasteiger partial charge < -0.3 is 15.0 Å². The van der Waals surface area contributed by atoms with Gasteiger partial charge in [-0.25, -0.2) is 13.6 Å². The molecular formula is C32H34F2N4O3. The number of benzene rings is 2. The normalized spacial score (nSPS) is 10.4. The number of esters is 1. The first kappa shape index (κ1) is 31.0. The van der Waals surface area contributed by atoms with Gasteiger partial charge in [-0.1, -0.05) is 60.7 Å². The zero-order valence-electron chi connectivity index (χ0n) is 23.4. The van der Waals surface area contributed by atoms with Crippen LogP contribution in [0.2, 0.25) is 0 Å². The molecule has 0 saturated carbocycles. The van der Waals surface area contributed by atoms with E-state index < -0.39 is 17.7 Å². The Balaban J connectivity index is 0.000000239. The Morgan fingerprint density at radius 1 is 0.780 bits per heavy atom. The lowest BCUT2D eigenvalue weighted by molar-refractivity contribution is -0.160. The van der Waals surface area contributed by atoms with Crippen molar-refractivity contribution >= 4 is 11.9 Å². The van der Waals surface area contributed by atoms with E-state index >= 15 is 0 Å². The van der Waals surface area contributed by atoms with Gasteiger partial charge in [-0.05, 0) is 55.2 Å². The lowest BCUT2D eigenvalue weighted by Crippen LogP contribution is -2.37. The van der Waals surface area contributed by atoms with Crippen LogP contribution in [0.5, 0.6) is 0 Å². The smallest absolute Gasteiger partial charge is 0.397 e. The SMILES string of the molecule is CCOC(=O)C(=O)N(Cc1ccccc1)Cc1ncc(F)cc1C.Cc1cc(F)cnc1CNCc1ccccc1. The number of aryl methyl sites for hydroxylation is 2. The third kappa shape index (κ3) is 10.2. The van der Waals surface area contributed by atoms with Crippen LogP contribution in [0.15, 0.2) is 85.2 Å². The molecule has 0 aliphatic heterocycles. The Hall–Kier alpha value is -4.50. The van der Waals surface area contributed by atoms with Crippen LogP contribution in [-0.4, -0.2) is 33.4 Å². The number of amides is 1. The average Bonchev–Trinajstić information content (AvgIpc) is 2.96. The van der Waals surface area contributed by atoms with Crippen molar-refractivity contribution in [1.82, 2.24) is 20.2 Å². The van der Waals surface area contributed by atoms with Crippen LogP contribution in [0, 0.1) is 25.5 Å². The zero-order valence-corrected chi connectivity index (χ0v) is 23.4. The lowest BCUT2D eigenvalue weighted by atomic mass is 10.1. The van der Waals surface area contributed by atoms with E-state index in [1.807, 2.05) is 55.5 Å². The van der Waals surface area contributed by atoms with Gasteiger partial charge in [0.15, 0.2) is 0 Å². The Morgan fingerprint density at radius 2 is 1.32 bits per heavy atom. The lowest BCUT2D eigenvalue weighted by Gasteiger charge is -2.22. The molecule has 0 aliphatic rings. The molecule has 1 amide bonds. The highest BCUT2D eigenvalue weighted by atomic mass is 19.1. The number of carbonyl (C=O) groups excluding carboxylic acids is 2. The van der Waals surface area contributed by atoms with E-state index in [0.717, 1.165) is 29.6 Å². The Kier molecular flexibility index (Phi) is 12.1. The molecule has 0 bridgehead atoms. The van der Waals surface area contributed by atoms with Crippen molar-refractivity contribution in [2.75, 3.05) is 6.61 Å². The van der Waals surface area contributed by atoms with Gasteiger partial charge in [-0.15, -0.1) is 0 Å². The van der Waals surface area contributed by atoms with E-state index in [1.54, 1.807) is 13.8 Å². The fourth-order valence-corrected chi connectivity index (χ4v) is 3.92. The molecule has 0 spiro atoms. The number of nitrogens with one attached hydrogen (secondary N) is 1. The molecule has 4 rings (SSSR count). The predicted octanol–water partition coefficient (Wildman–Crippen LogP) is 5.44. The molecule has 9 heteroatoms. The third-order valence-corrected chi connectivity index (χ3v) is 6.07. The standard InChI is InChI=1S/C18H19FN2O3.C14H15FN2/c1-3-24-18(23)17(22)21(11-14-7-5-4-6-8-14)12-16-13(2)9-15(19)10-20-16;1-11-7-13(15)9-17-14(11)10-16-8-12-5-3-2-4-6-12/h4-10H,3,11-12H2,1-2H3;2-7,9,16H,8,10H2,1H3. The van der Waals surface area contributed by atoms with E-state index in [2.05, 4.69) is 27.4 Å². The van der Waals surface area contributed by atoms with Crippen LogP contribution >= 0.6 is 0 Å². The molecule has 0 saturated heterocycles. The zero-order chi connectivity index (χ0) is 29.6. The molecule has 41 heavy (non-hydrogen) atoms. The molecule has 0 fully saturated rings. The summed E-state index contributed by atoms with van der Waals surface area (Å²) in [5.41, 5.74) is 5.02. The third-order valence-electron chi connectivity index (χ3n) is 6.07. The molecule has 214 valence electrons. The summed E-state index contributed by atoms with van der Waals surface area (Å²) in [4.78, 5) is 33.6. The van der Waals surface area contributed by atoms with Crippen molar-refractivity contribution in [1.29, 1.82) is 0 Å². The van der Waals surface area contributed by atoms with Crippen molar-refractivity contribution in [2.45, 2.75) is 47.0 Å². The number of hydrogen-bond donors (Lipinski definition) is 1. The second-order valence-electron chi connectivity index (χ2n) is 9.29. The van der Waals surface area contributed by atoms with Crippen LogP contribution in [0.25, 0.3) is 0 Å². The highest BCUT2D eigenvalue weighted by Gasteiger charge is 2.24. The summed E-state index contributed by atoms with van der Waals surface area (Å²) >= 11 is 0. The van der Waals surface area contributed by atoms with Crippen molar-refractivity contribution < 1.29 is 23.1 Å². The van der Waals surface area contributed by atoms with Gasteiger partial charge in [0.05, 0.1) is 36.9 Å². The van der Waals surface area contributed by atoms with Gasteiger partial charge in [-0.3, -0.25) is 14.8 Å². The average molecular weight is 561 g/mol. The van der Waals surface area contributed by atoms with Gasteiger partial charge in [0.2, 0.25) is 0 Å². The second kappa shape index (κ2) is 15.9. The summed E-state index contributed by atoms with van der Waals surface area (Å²) in [5, 5.41) is 3.29. The Labute approximate surface area is 239 Å². The largest absolute Gasteiger partial charge is 0.459 e. The van der Waals surface area contributed by atoms with Gasteiger partial charge in [0, 0.05) is 19.6 Å². The van der Waals surface area contributed by atoms with E-state index in [-0.39, 0.29) is 25.5 Å². The van der Waals surface area contributed by atoms with Crippen LogP contribution in [0.3, 0.4) is 0 Å². The predicted molar refractivity (Wildman–Crippen MR) is 152 cm³/mol. The minimum Gasteiger partial charge on any atom is -0.459 e. The molecule has 4 aromatic rings. The summed E-state index contributed by atoms with van der Waals surface area (Å²) in [6, 6.07) is 22.3. The molecule has 1 N–H and O–H groups in total. The van der Waals surface area contributed by atoms with E-state index in [0.29, 0.717) is 17.8 Å². The maximum absolute atomic E-state index is 13.2. The first-order chi connectivity index (χ1) is 19.8. The van der Waals surface area contributed by atoms with Crippen molar-refractivity contribution in [3.63, 3.8) is 0 Å². The van der Waals surface area contributed by atoms with Gasteiger partial charge in [-0.2, -0.15) is 0 Å². The van der Waals surface area contributed by atoms with Crippen molar-refractivity contribution in [3.8, 4) is 0 Å². The number of pyridine rings is 2. The summed E-state index contributed by atoms with van der Waals surface area (Å²) < 4.78 is 30.9. The highest BCUT2D eigenvalue weighted by Crippen LogP contribution is 2.14. The Morgan fingerprint density at radius 3 is 1.85 bits per heavy atom. The van der Waals surface area contributed by atoms with Crippen LogP contribution in [0.4, 0.5) is 8.78 Å². The molecule has 0 unspecified atom stereocenters. The summed E-state index contributed by atoms with van der Waals surface area (Å²) in [6.45, 7) is 7.11.